The van der Waals surface area contributed by atoms with Crippen molar-refractivity contribution in [1.82, 2.24) is 5.32 Å². The second-order valence-corrected chi connectivity index (χ2v) is 4.91. The van der Waals surface area contributed by atoms with E-state index in [2.05, 4.69) is 12.2 Å². The van der Waals surface area contributed by atoms with Gasteiger partial charge in [-0.15, -0.1) is 0 Å². The van der Waals surface area contributed by atoms with Crippen molar-refractivity contribution < 1.29 is 9.53 Å². The Hall–Kier alpha value is -1.51. The van der Waals surface area contributed by atoms with E-state index in [0.29, 0.717) is 12.5 Å². The molecule has 1 atom stereocenters. The maximum atomic E-state index is 11.7. The van der Waals surface area contributed by atoms with Gasteiger partial charge >= 0.3 is 6.09 Å². The minimum Gasteiger partial charge on any atom is -0.445 e. The molecule has 2 rings (SSSR count). The molecule has 3 nitrogen and oxygen atoms in total. The highest BCUT2D eigenvalue weighted by Crippen LogP contribution is 2.30. The number of alkyl carbamates (subject to hydrolysis) is 1. The molecule has 98 valence electrons. The standard InChI is InChI=1S/C15H21NO2/c1-2-14(13-9-6-10-13)16-15(17)18-11-12-7-4-3-5-8-12/h3-5,7-8,13-14H,2,6,9-11H2,1H3,(H,16,17). The van der Waals surface area contributed by atoms with Crippen molar-refractivity contribution in [2.75, 3.05) is 0 Å². The molecule has 0 spiro atoms. The van der Waals surface area contributed by atoms with Gasteiger partial charge in [0, 0.05) is 6.04 Å². The first-order chi connectivity index (χ1) is 8.79. The van der Waals surface area contributed by atoms with Crippen LogP contribution in [0.25, 0.3) is 0 Å². The van der Waals surface area contributed by atoms with Gasteiger partial charge in [0.1, 0.15) is 6.61 Å². The number of rotatable bonds is 5. The maximum Gasteiger partial charge on any atom is 0.407 e. The van der Waals surface area contributed by atoms with Crippen LogP contribution in [0.1, 0.15) is 38.2 Å². The van der Waals surface area contributed by atoms with Crippen LogP contribution in [0.5, 0.6) is 0 Å². The largest absolute Gasteiger partial charge is 0.445 e. The molecule has 1 aliphatic carbocycles. The predicted molar refractivity (Wildman–Crippen MR) is 71.2 cm³/mol. The monoisotopic (exact) mass is 247 g/mol. The molecule has 3 heteroatoms. The summed E-state index contributed by atoms with van der Waals surface area (Å²) in [5.74, 6) is 0.652. The smallest absolute Gasteiger partial charge is 0.407 e. The zero-order chi connectivity index (χ0) is 12.8. The summed E-state index contributed by atoms with van der Waals surface area (Å²) in [4.78, 5) is 11.7. The topological polar surface area (TPSA) is 38.3 Å². The van der Waals surface area contributed by atoms with E-state index in [1.807, 2.05) is 30.3 Å². The molecule has 1 aromatic rings. The van der Waals surface area contributed by atoms with E-state index in [1.54, 1.807) is 0 Å². The molecule has 0 saturated heterocycles. The highest BCUT2D eigenvalue weighted by molar-refractivity contribution is 5.67. The number of benzene rings is 1. The van der Waals surface area contributed by atoms with Gasteiger partial charge in [0.2, 0.25) is 0 Å². The van der Waals surface area contributed by atoms with Gasteiger partial charge < -0.3 is 10.1 Å². The summed E-state index contributed by atoms with van der Waals surface area (Å²) in [5.41, 5.74) is 1.02. The lowest BCUT2D eigenvalue weighted by Gasteiger charge is -2.33. The number of hydrogen-bond acceptors (Lipinski definition) is 2. The Balaban J connectivity index is 1.74. The fourth-order valence-electron chi connectivity index (χ4n) is 2.31. The third-order valence-electron chi connectivity index (χ3n) is 3.67. The van der Waals surface area contributed by atoms with Crippen molar-refractivity contribution in [2.24, 2.45) is 5.92 Å². The van der Waals surface area contributed by atoms with Crippen LogP contribution in [0.15, 0.2) is 30.3 Å². The molecule has 1 N–H and O–H groups in total. The van der Waals surface area contributed by atoms with Crippen LogP contribution in [0.4, 0.5) is 4.79 Å². The first-order valence-electron chi connectivity index (χ1n) is 6.77. The van der Waals surface area contributed by atoms with Crippen LogP contribution < -0.4 is 5.32 Å². The van der Waals surface area contributed by atoms with Gasteiger partial charge in [0.05, 0.1) is 0 Å². The molecule has 0 aromatic heterocycles. The Bertz CT molecular complexity index is 373. The number of ether oxygens (including phenoxy) is 1. The van der Waals surface area contributed by atoms with Gasteiger partial charge in [-0.3, -0.25) is 0 Å². The van der Waals surface area contributed by atoms with Gasteiger partial charge in [0.15, 0.2) is 0 Å². The second-order valence-electron chi connectivity index (χ2n) is 4.91. The van der Waals surface area contributed by atoms with E-state index in [1.165, 1.54) is 19.3 Å². The molecular weight excluding hydrogens is 226 g/mol. The molecule has 0 radical (unpaired) electrons. The summed E-state index contributed by atoms with van der Waals surface area (Å²) in [5, 5.41) is 2.98. The van der Waals surface area contributed by atoms with Gasteiger partial charge in [-0.1, -0.05) is 43.7 Å². The van der Waals surface area contributed by atoms with E-state index < -0.39 is 0 Å². The van der Waals surface area contributed by atoms with Crippen LogP contribution in [-0.2, 0) is 11.3 Å². The van der Waals surface area contributed by atoms with E-state index >= 15 is 0 Å². The van der Waals surface area contributed by atoms with E-state index in [-0.39, 0.29) is 12.1 Å². The molecule has 1 amide bonds. The Morgan fingerprint density at radius 3 is 2.67 bits per heavy atom. The maximum absolute atomic E-state index is 11.7. The van der Waals surface area contributed by atoms with Crippen LogP contribution >= 0.6 is 0 Å². The molecule has 1 fully saturated rings. The minimum atomic E-state index is -0.294. The van der Waals surface area contributed by atoms with Crippen molar-refractivity contribution in [3.8, 4) is 0 Å². The second kappa shape index (κ2) is 6.43. The lowest BCUT2D eigenvalue weighted by molar-refractivity contribution is 0.124. The summed E-state index contributed by atoms with van der Waals surface area (Å²) >= 11 is 0. The van der Waals surface area contributed by atoms with E-state index in [4.69, 9.17) is 4.74 Å². The zero-order valence-electron chi connectivity index (χ0n) is 10.9. The van der Waals surface area contributed by atoms with Gasteiger partial charge in [-0.25, -0.2) is 4.79 Å². The summed E-state index contributed by atoms with van der Waals surface area (Å²) < 4.78 is 5.23. The van der Waals surface area contributed by atoms with Crippen molar-refractivity contribution in [1.29, 1.82) is 0 Å². The third kappa shape index (κ3) is 3.49. The van der Waals surface area contributed by atoms with Crippen molar-refractivity contribution in [3.63, 3.8) is 0 Å². The molecule has 1 aromatic carbocycles. The fraction of sp³-hybridized carbons (Fsp3) is 0.533. The first-order valence-corrected chi connectivity index (χ1v) is 6.77. The average molecular weight is 247 g/mol. The molecular formula is C15H21NO2. The average Bonchev–Trinajstić information content (AvgIpc) is 2.34. The van der Waals surface area contributed by atoms with Crippen molar-refractivity contribution in [2.45, 2.75) is 45.3 Å². The highest BCUT2D eigenvalue weighted by Gasteiger charge is 2.27. The SMILES string of the molecule is CCC(NC(=O)OCc1ccccc1)C1CCC1. The third-order valence-corrected chi connectivity index (χ3v) is 3.67. The zero-order valence-corrected chi connectivity index (χ0v) is 10.9. The number of carbonyl (C=O) groups excluding carboxylic acids is 1. The van der Waals surface area contributed by atoms with E-state index in [9.17, 15) is 4.79 Å². The molecule has 1 aliphatic rings. The van der Waals surface area contributed by atoms with Crippen molar-refractivity contribution in [3.05, 3.63) is 35.9 Å². The lowest BCUT2D eigenvalue weighted by Crippen LogP contribution is -2.42. The predicted octanol–water partition coefficient (Wildman–Crippen LogP) is 3.49. The van der Waals surface area contributed by atoms with E-state index in [0.717, 1.165) is 12.0 Å². The molecule has 0 heterocycles. The number of carbonyl (C=O) groups is 1. The summed E-state index contributed by atoms with van der Waals surface area (Å²) in [6.07, 6.45) is 4.44. The Kier molecular flexibility index (Phi) is 4.62. The van der Waals surface area contributed by atoms with Crippen LogP contribution in [-0.4, -0.2) is 12.1 Å². The number of hydrogen-bond donors (Lipinski definition) is 1. The lowest BCUT2D eigenvalue weighted by atomic mass is 9.79. The molecule has 0 bridgehead atoms. The number of amides is 1. The summed E-state index contributed by atoms with van der Waals surface area (Å²) in [6.45, 7) is 2.45. The summed E-state index contributed by atoms with van der Waals surface area (Å²) in [7, 11) is 0. The molecule has 18 heavy (non-hydrogen) atoms. The molecule has 0 aliphatic heterocycles. The van der Waals surface area contributed by atoms with Crippen molar-refractivity contribution >= 4 is 6.09 Å². The Morgan fingerprint density at radius 2 is 2.11 bits per heavy atom. The first kappa shape index (κ1) is 12.9. The fourth-order valence-corrected chi connectivity index (χ4v) is 2.31. The Labute approximate surface area is 109 Å². The van der Waals surface area contributed by atoms with Gasteiger partial charge in [0.25, 0.3) is 0 Å². The van der Waals surface area contributed by atoms with Crippen LogP contribution in [0, 0.1) is 5.92 Å². The molecule has 1 unspecified atom stereocenters. The highest BCUT2D eigenvalue weighted by atomic mass is 16.5. The van der Waals surface area contributed by atoms with Crippen LogP contribution in [0.3, 0.4) is 0 Å². The van der Waals surface area contributed by atoms with Gasteiger partial charge in [-0.05, 0) is 30.7 Å². The normalized spacial score (nSPS) is 16.7. The minimum absolute atomic E-state index is 0.280. The summed E-state index contributed by atoms with van der Waals surface area (Å²) in [6, 6.07) is 10.0. The quantitative estimate of drug-likeness (QED) is 0.865. The number of nitrogens with one attached hydrogen (secondary N) is 1. The van der Waals surface area contributed by atoms with Crippen LogP contribution in [0.2, 0.25) is 0 Å². The van der Waals surface area contributed by atoms with Gasteiger partial charge in [-0.2, -0.15) is 0 Å². The molecule has 1 saturated carbocycles. The Morgan fingerprint density at radius 1 is 1.39 bits per heavy atom.